The molecular weight excluding hydrogens is 171 g/mol. The van der Waals surface area contributed by atoms with Crippen LogP contribution in [-0.2, 0) is 4.79 Å². The molecule has 3 nitrogen and oxygen atoms in total. The second-order valence-corrected chi connectivity index (χ2v) is 4.18. The average molecular weight is 186 g/mol. The van der Waals surface area contributed by atoms with Gasteiger partial charge in [-0.2, -0.15) is 0 Å². The zero-order valence-corrected chi connectivity index (χ0v) is 7.63. The van der Waals surface area contributed by atoms with Gasteiger partial charge >= 0.3 is 0 Å². The third-order valence-corrected chi connectivity index (χ3v) is 3.26. The van der Waals surface area contributed by atoms with Gasteiger partial charge in [0.25, 0.3) is 0 Å². The fourth-order valence-electron chi connectivity index (χ4n) is 2.11. The van der Waals surface area contributed by atoms with Crippen LogP contribution in [0.15, 0.2) is 0 Å². The van der Waals surface area contributed by atoms with Crippen LogP contribution in [0.25, 0.3) is 0 Å². The lowest BCUT2D eigenvalue weighted by Crippen LogP contribution is -2.32. The standard InChI is InChI=1S/C9H15FN2O/c10-4-1-8(13)12-5-7(11)9(6-12)2-3-9/h7H,1-6,11H2/t7-/m1/s1. The maximum absolute atomic E-state index is 11.9. The molecule has 4 heteroatoms. The van der Waals surface area contributed by atoms with Gasteiger partial charge < -0.3 is 10.6 Å². The van der Waals surface area contributed by atoms with Gasteiger partial charge in [-0.05, 0) is 12.8 Å². The lowest BCUT2D eigenvalue weighted by molar-refractivity contribution is -0.130. The number of halogens is 1. The molecule has 1 aliphatic carbocycles. The lowest BCUT2D eigenvalue weighted by Gasteiger charge is -2.14. The number of likely N-dealkylation sites (tertiary alicyclic amines) is 1. The first-order valence-corrected chi connectivity index (χ1v) is 4.77. The molecule has 2 N–H and O–H groups in total. The first kappa shape index (κ1) is 8.94. The van der Waals surface area contributed by atoms with Crippen LogP contribution in [0.5, 0.6) is 0 Å². The second-order valence-electron chi connectivity index (χ2n) is 4.18. The van der Waals surface area contributed by atoms with E-state index in [9.17, 15) is 9.18 Å². The Hall–Kier alpha value is -0.640. The summed E-state index contributed by atoms with van der Waals surface area (Å²) in [6.45, 7) is 0.823. The van der Waals surface area contributed by atoms with Crippen LogP contribution in [0, 0.1) is 5.41 Å². The van der Waals surface area contributed by atoms with Gasteiger partial charge in [-0.25, -0.2) is 0 Å². The molecule has 0 aromatic carbocycles. The van der Waals surface area contributed by atoms with Crippen molar-refractivity contribution < 1.29 is 9.18 Å². The molecule has 1 saturated heterocycles. The Labute approximate surface area is 77.1 Å². The minimum atomic E-state index is -0.558. The summed E-state index contributed by atoms with van der Waals surface area (Å²) in [5.41, 5.74) is 6.13. The first-order valence-electron chi connectivity index (χ1n) is 4.77. The van der Waals surface area contributed by atoms with Crippen molar-refractivity contribution in [2.45, 2.75) is 25.3 Å². The molecule has 13 heavy (non-hydrogen) atoms. The van der Waals surface area contributed by atoms with Gasteiger partial charge in [0, 0.05) is 24.5 Å². The summed E-state index contributed by atoms with van der Waals surface area (Å²) in [5, 5.41) is 0. The van der Waals surface area contributed by atoms with Gasteiger partial charge in [-0.1, -0.05) is 0 Å². The van der Waals surface area contributed by atoms with E-state index in [1.807, 2.05) is 0 Å². The van der Waals surface area contributed by atoms with E-state index >= 15 is 0 Å². The minimum Gasteiger partial charge on any atom is -0.340 e. The topological polar surface area (TPSA) is 46.3 Å². The molecule has 1 aliphatic heterocycles. The first-order chi connectivity index (χ1) is 6.18. The smallest absolute Gasteiger partial charge is 0.225 e. The fraction of sp³-hybridized carbons (Fsp3) is 0.889. The van der Waals surface area contributed by atoms with E-state index in [1.54, 1.807) is 4.90 Å². The Morgan fingerprint density at radius 1 is 1.62 bits per heavy atom. The van der Waals surface area contributed by atoms with Crippen LogP contribution in [0.4, 0.5) is 4.39 Å². The van der Waals surface area contributed by atoms with E-state index in [0.29, 0.717) is 6.54 Å². The highest BCUT2D eigenvalue weighted by Gasteiger charge is 2.54. The number of nitrogens with two attached hydrogens (primary N) is 1. The fourth-order valence-corrected chi connectivity index (χ4v) is 2.11. The predicted molar refractivity (Wildman–Crippen MR) is 46.8 cm³/mol. The number of hydrogen-bond donors (Lipinski definition) is 1. The summed E-state index contributed by atoms with van der Waals surface area (Å²) in [5.74, 6) is -0.0817. The van der Waals surface area contributed by atoms with Gasteiger partial charge in [-0.15, -0.1) is 0 Å². The summed E-state index contributed by atoms with van der Waals surface area (Å²) in [4.78, 5) is 13.1. The van der Waals surface area contributed by atoms with Gasteiger partial charge in [0.2, 0.25) is 5.91 Å². The maximum atomic E-state index is 11.9. The minimum absolute atomic E-state index is 0.0167. The zero-order chi connectivity index (χ0) is 9.47. The van der Waals surface area contributed by atoms with E-state index in [2.05, 4.69) is 0 Å². The van der Waals surface area contributed by atoms with Crippen molar-refractivity contribution in [3.05, 3.63) is 0 Å². The monoisotopic (exact) mass is 186 g/mol. The molecule has 1 saturated carbocycles. The molecule has 74 valence electrons. The molecule has 1 amide bonds. The summed E-state index contributed by atoms with van der Waals surface area (Å²) in [6, 6.07) is 0.121. The molecular formula is C9H15FN2O. The number of amides is 1. The van der Waals surface area contributed by atoms with Crippen LogP contribution >= 0.6 is 0 Å². The number of nitrogens with zero attached hydrogens (tertiary/aromatic N) is 1. The predicted octanol–water partition coefficient (Wildman–Crippen LogP) is 0.296. The lowest BCUT2D eigenvalue weighted by atomic mass is 10.0. The third-order valence-electron chi connectivity index (χ3n) is 3.26. The highest BCUT2D eigenvalue weighted by atomic mass is 19.1. The van der Waals surface area contributed by atoms with Gasteiger partial charge in [-0.3, -0.25) is 9.18 Å². The van der Waals surface area contributed by atoms with Crippen molar-refractivity contribution in [3.63, 3.8) is 0 Å². The number of rotatable bonds is 2. The van der Waals surface area contributed by atoms with E-state index < -0.39 is 6.67 Å². The highest BCUT2D eigenvalue weighted by Crippen LogP contribution is 2.51. The van der Waals surface area contributed by atoms with Crippen molar-refractivity contribution in [1.82, 2.24) is 4.90 Å². The average Bonchev–Trinajstić information content (AvgIpc) is 2.77. The number of carbonyl (C=O) groups is 1. The van der Waals surface area contributed by atoms with Crippen LogP contribution in [0.3, 0.4) is 0 Å². The summed E-state index contributed by atoms with van der Waals surface area (Å²) in [6.07, 6.45) is 2.28. The molecule has 0 unspecified atom stereocenters. The van der Waals surface area contributed by atoms with E-state index in [4.69, 9.17) is 5.73 Å². The summed E-state index contributed by atoms with van der Waals surface area (Å²) >= 11 is 0. The quantitative estimate of drug-likeness (QED) is 0.674. The largest absolute Gasteiger partial charge is 0.340 e. The molecule has 0 bridgehead atoms. The van der Waals surface area contributed by atoms with Crippen LogP contribution in [0.1, 0.15) is 19.3 Å². The maximum Gasteiger partial charge on any atom is 0.225 e. The van der Waals surface area contributed by atoms with Crippen LogP contribution in [0.2, 0.25) is 0 Å². The van der Waals surface area contributed by atoms with Crippen molar-refractivity contribution in [2.24, 2.45) is 11.1 Å². The molecule has 1 spiro atoms. The molecule has 0 radical (unpaired) electrons. The zero-order valence-electron chi connectivity index (χ0n) is 7.63. The molecule has 1 atom stereocenters. The van der Waals surface area contributed by atoms with Crippen molar-refractivity contribution in [1.29, 1.82) is 0 Å². The Kier molecular flexibility index (Phi) is 2.02. The van der Waals surface area contributed by atoms with Crippen molar-refractivity contribution in [2.75, 3.05) is 19.8 Å². The van der Waals surface area contributed by atoms with Crippen LogP contribution in [-0.4, -0.2) is 36.6 Å². The Morgan fingerprint density at radius 3 is 2.77 bits per heavy atom. The second kappa shape index (κ2) is 2.94. The normalized spacial score (nSPS) is 29.7. The summed E-state index contributed by atoms with van der Waals surface area (Å²) < 4.78 is 11.9. The summed E-state index contributed by atoms with van der Waals surface area (Å²) in [7, 11) is 0. The molecule has 2 fully saturated rings. The van der Waals surface area contributed by atoms with Gasteiger partial charge in [0.05, 0.1) is 13.1 Å². The molecule has 2 rings (SSSR count). The van der Waals surface area contributed by atoms with Crippen molar-refractivity contribution in [3.8, 4) is 0 Å². The van der Waals surface area contributed by atoms with Gasteiger partial charge in [0.1, 0.15) is 0 Å². The van der Waals surface area contributed by atoms with Crippen molar-refractivity contribution >= 4 is 5.91 Å². The van der Waals surface area contributed by atoms with Gasteiger partial charge in [0.15, 0.2) is 0 Å². The number of carbonyl (C=O) groups excluding carboxylic acids is 1. The highest BCUT2D eigenvalue weighted by molar-refractivity contribution is 5.76. The van der Waals surface area contributed by atoms with E-state index in [0.717, 1.165) is 19.4 Å². The molecule has 0 aromatic rings. The Balaban J connectivity index is 1.93. The number of hydrogen-bond acceptors (Lipinski definition) is 2. The molecule has 2 aliphatic rings. The Morgan fingerprint density at radius 2 is 2.31 bits per heavy atom. The molecule has 1 heterocycles. The van der Waals surface area contributed by atoms with E-state index in [-0.39, 0.29) is 23.8 Å². The van der Waals surface area contributed by atoms with Crippen LogP contribution < -0.4 is 5.73 Å². The number of alkyl halides is 1. The Bertz CT molecular complexity index is 228. The van der Waals surface area contributed by atoms with E-state index in [1.165, 1.54) is 0 Å². The SMILES string of the molecule is N[C@@H]1CN(C(=O)CCF)CC12CC2. The third kappa shape index (κ3) is 1.43. The molecule has 0 aromatic heterocycles.